The van der Waals surface area contributed by atoms with Gasteiger partial charge in [-0.1, -0.05) is 92.0 Å². The van der Waals surface area contributed by atoms with Crippen molar-refractivity contribution in [3.05, 3.63) is 155 Å². The van der Waals surface area contributed by atoms with Crippen molar-refractivity contribution in [2.75, 3.05) is 26.4 Å². The van der Waals surface area contributed by atoms with Gasteiger partial charge in [0.05, 0.1) is 0 Å². The number of fused-ring (bicyclic) bond motifs is 1. The Balaban J connectivity index is 1.43. The van der Waals surface area contributed by atoms with Crippen LogP contribution in [0.2, 0.25) is 0 Å². The maximum Gasteiger partial charge on any atom is 0.333 e. The summed E-state index contributed by atoms with van der Waals surface area (Å²) in [7, 11) is 0. The number of rotatable bonds is 13. The summed E-state index contributed by atoms with van der Waals surface area (Å²) < 4.78 is 22.1. The molecule has 1 unspecified atom stereocenters. The van der Waals surface area contributed by atoms with Crippen LogP contribution >= 0.6 is 0 Å². The fourth-order valence-electron chi connectivity index (χ4n) is 5.92. The monoisotopic (exact) mass is 602 g/mol. The fraction of sp³-hybridized carbons (Fsp3) is 0.231. The highest BCUT2D eigenvalue weighted by atomic mass is 16.6. The smallest absolute Gasteiger partial charge is 0.333 e. The Bertz CT molecular complexity index is 1580. The minimum Gasteiger partial charge on any atom is -0.490 e. The predicted octanol–water partition coefficient (Wildman–Crippen LogP) is 7.55. The second kappa shape index (κ2) is 14.1. The summed E-state index contributed by atoms with van der Waals surface area (Å²) in [4.78, 5) is 23.3. The number of ether oxygens (including phenoxy) is 4. The number of carbonyl (C=O) groups excluding carboxylic acids is 2. The third kappa shape index (κ3) is 7.01. The zero-order valence-electron chi connectivity index (χ0n) is 25.8. The lowest BCUT2D eigenvalue weighted by Crippen LogP contribution is -2.27. The highest BCUT2D eigenvalue weighted by molar-refractivity contribution is 5.87. The zero-order chi connectivity index (χ0) is 31.8. The highest BCUT2D eigenvalue weighted by Crippen LogP contribution is 2.56. The second-order valence-corrected chi connectivity index (χ2v) is 11.2. The number of esters is 2. The zero-order valence-corrected chi connectivity index (χ0v) is 25.8. The van der Waals surface area contributed by atoms with Crippen LogP contribution in [0.5, 0.6) is 11.5 Å². The number of carbonyl (C=O) groups is 2. The van der Waals surface area contributed by atoms with Gasteiger partial charge in [-0.3, -0.25) is 0 Å². The average Bonchev–Trinajstić information content (AvgIpc) is 3.42. The van der Waals surface area contributed by atoms with Crippen LogP contribution in [0, 0.1) is 0 Å². The van der Waals surface area contributed by atoms with E-state index in [1.54, 1.807) is 13.8 Å². The Morgan fingerprint density at radius 1 is 0.644 bits per heavy atom. The van der Waals surface area contributed by atoms with Gasteiger partial charge in [0, 0.05) is 22.5 Å². The molecule has 5 rings (SSSR count). The van der Waals surface area contributed by atoms with Gasteiger partial charge in [-0.2, -0.15) is 0 Å². The van der Waals surface area contributed by atoms with E-state index in [1.165, 1.54) is 16.7 Å². The third-order valence-electron chi connectivity index (χ3n) is 8.07. The van der Waals surface area contributed by atoms with Gasteiger partial charge >= 0.3 is 11.9 Å². The molecule has 0 saturated heterocycles. The lowest BCUT2D eigenvalue weighted by molar-refractivity contribution is -0.140. The van der Waals surface area contributed by atoms with Crippen molar-refractivity contribution < 1.29 is 28.5 Å². The summed E-state index contributed by atoms with van der Waals surface area (Å²) in [5.41, 5.74) is 6.44. The Morgan fingerprint density at radius 2 is 1.11 bits per heavy atom. The van der Waals surface area contributed by atoms with Crippen LogP contribution in [0.4, 0.5) is 0 Å². The van der Waals surface area contributed by atoms with E-state index in [0.717, 1.165) is 17.5 Å². The summed E-state index contributed by atoms with van der Waals surface area (Å²) in [5.74, 6) is 0.752. The lowest BCUT2D eigenvalue weighted by Gasteiger charge is -2.33. The van der Waals surface area contributed by atoms with Crippen molar-refractivity contribution >= 4 is 11.9 Å². The summed E-state index contributed by atoms with van der Waals surface area (Å²) in [5, 5.41) is 0. The molecule has 4 aromatic carbocycles. The van der Waals surface area contributed by atoms with Crippen LogP contribution in [0.25, 0.3) is 0 Å². The van der Waals surface area contributed by atoms with E-state index >= 15 is 0 Å². The van der Waals surface area contributed by atoms with Crippen molar-refractivity contribution in [1.82, 2.24) is 0 Å². The molecule has 45 heavy (non-hydrogen) atoms. The quantitative estimate of drug-likeness (QED) is 0.0894. The van der Waals surface area contributed by atoms with Gasteiger partial charge in [0.15, 0.2) is 0 Å². The molecule has 0 bridgehead atoms. The van der Waals surface area contributed by atoms with Crippen molar-refractivity contribution in [3.63, 3.8) is 0 Å². The predicted molar refractivity (Wildman–Crippen MR) is 175 cm³/mol. The number of hydrogen-bond acceptors (Lipinski definition) is 6. The van der Waals surface area contributed by atoms with E-state index in [4.69, 9.17) is 18.9 Å². The van der Waals surface area contributed by atoms with Crippen molar-refractivity contribution in [3.8, 4) is 11.5 Å². The molecule has 6 nitrogen and oxygen atoms in total. The first-order chi connectivity index (χ1) is 21.8. The molecule has 0 aliphatic heterocycles. The molecule has 0 fully saturated rings. The van der Waals surface area contributed by atoms with Gasteiger partial charge in [-0.05, 0) is 72.4 Å². The molecule has 0 saturated carbocycles. The first-order valence-electron chi connectivity index (χ1n) is 15.1. The van der Waals surface area contributed by atoms with Crippen molar-refractivity contribution in [2.45, 2.75) is 31.6 Å². The Hall–Kier alpha value is -5.10. The molecular formula is C39H38O6. The first kappa shape index (κ1) is 31.3. The molecule has 0 N–H and O–H groups in total. The standard InChI is InChI=1S/C39H38O6/c1-27(2)37(40)44-24-22-42-32-18-14-30(15-19-32)39(31-16-20-33(21-17-31)43-23-25-45-38(41)28(3)4)26-35(29-10-6-5-7-11-29)34-12-8-9-13-36(34)39/h5-21,35H,1,3,22-26H2,2,4H3. The van der Waals surface area contributed by atoms with Crippen LogP contribution in [0.15, 0.2) is 127 Å². The number of hydrogen-bond donors (Lipinski definition) is 0. The second-order valence-electron chi connectivity index (χ2n) is 11.2. The molecular weight excluding hydrogens is 564 g/mol. The minimum absolute atomic E-state index is 0.147. The van der Waals surface area contributed by atoms with Crippen LogP contribution in [-0.4, -0.2) is 38.4 Å². The molecule has 0 amide bonds. The molecule has 0 spiro atoms. The topological polar surface area (TPSA) is 71.1 Å². The van der Waals surface area contributed by atoms with Crippen LogP contribution in [-0.2, 0) is 24.5 Å². The van der Waals surface area contributed by atoms with E-state index in [2.05, 4.69) is 86.0 Å². The largest absolute Gasteiger partial charge is 0.490 e. The summed E-state index contributed by atoms with van der Waals surface area (Å²) in [6.07, 6.45) is 0.852. The first-order valence-corrected chi connectivity index (χ1v) is 15.1. The Morgan fingerprint density at radius 3 is 1.60 bits per heavy atom. The Kier molecular flexibility index (Phi) is 9.83. The lowest BCUT2D eigenvalue weighted by atomic mass is 9.69. The molecule has 4 aromatic rings. The van der Waals surface area contributed by atoms with Crippen LogP contribution < -0.4 is 9.47 Å². The minimum atomic E-state index is -0.428. The molecule has 6 heteroatoms. The molecule has 1 aliphatic carbocycles. The maximum atomic E-state index is 11.7. The summed E-state index contributed by atoms with van der Waals surface area (Å²) >= 11 is 0. The summed E-state index contributed by atoms with van der Waals surface area (Å²) in [6.45, 7) is 11.2. The molecule has 1 aliphatic rings. The van der Waals surface area contributed by atoms with Crippen LogP contribution in [0.1, 0.15) is 54.0 Å². The maximum absolute atomic E-state index is 11.7. The fourth-order valence-corrected chi connectivity index (χ4v) is 5.92. The van der Waals surface area contributed by atoms with E-state index in [0.29, 0.717) is 22.6 Å². The van der Waals surface area contributed by atoms with Crippen molar-refractivity contribution in [1.29, 1.82) is 0 Å². The SMILES string of the molecule is C=C(C)C(=O)OCCOc1ccc(C2(c3ccc(OCCOC(=O)C(=C)C)cc3)CC(c3ccccc3)c3ccccc32)cc1. The number of benzene rings is 4. The third-order valence-corrected chi connectivity index (χ3v) is 8.07. The molecule has 1 atom stereocenters. The summed E-state index contributed by atoms with van der Waals surface area (Å²) in [6, 6.07) is 35.7. The van der Waals surface area contributed by atoms with E-state index in [-0.39, 0.29) is 32.3 Å². The average molecular weight is 603 g/mol. The van der Waals surface area contributed by atoms with Crippen LogP contribution in [0.3, 0.4) is 0 Å². The molecule has 230 valence electrons. The molecule has 0 heterocycles. The van der Waals surface area contributed by atoms with E-state index in [1.807, 2.05) is 30.3 Å². The van der Waals surface area contributed by atoms with E-state index in [9.17, 15) is 9.59 Å². The normalized spacial score (nSPS) is 14.6. The van der Waals surface area contributed by atoms with E-state index < -0.39 is 17.4 Å². The van der Waals surface area contributed by atoms with Gasteiger partial charge in [0.1, 0.15) is 37.9 Å². The Labute approximate surface area is 264 Å². The van der Waals surface area contributed by atoms with Gasteiger partial charge in [-0.15, -0.1) is 0 Å². The van der Waals surface area contributed by atoms with Gasteiger partial charge in [0.2, 0.25) is 0 Å². The molecule has 0 radical (unpaired) electrons. The molecule has 0 aromatic heterocycles. The van der Waals surface area contributed by atoms with Gasteiger partial charge < -0.3 is 18.9 Å². The van der Waals surface area contributed by atoms with Crippen molar-refractivity contribution in [2.24, 2.45) is 0 Å². The van der Waals surface area contributed by atoms with Gasteiger partial charge in [-0.25, -0.2) is 9.59 Å². The van der Waals surface area contributed by atoms with Gasteiger partial charge in [0.25, 0.3) is 0 Å². The highest BCUT2D eigenvalue weighted by Gasteiger charge is 2.46.